The van der Waals surface area contributed by atoms with Gasteiger partial charge < -0.3 is 5.32 Å². The van der Waals surface area contributed by atoms with Crippen LogP contribution in [-0.4, -0.2) is 6.54 Å². The highest BCUT2D eigenvalue weighted by Crippen LogP contribution is 2.13. The molecule has 0 bridgehead atoms. The Morgan fingerprint density at radius 1 is 1.50 bits per heavy atom. The average molecular weight is 182 g/mol. The van der Waals surface area contributed by atoms with E-state index < -0.39 is 0 Å². The van der Waals surface area contributed by atoms with Gasteiger partial charge in [0.1, 0.15) is 0 Å². The van der Waals surface area contributed by atoms with E-state index in [-0.39, 0.29) is 0 Å². The lowest BCUT2D eigenvalue weighted by Crippen LogP contribution is -2.01. The molecule has 0 radical (unpaired) electrons. The Morgan fingerprint density at radius 2 is 2.17 bits per heavy atom. The molecule has 0 aliphatic carbocycles. The largest absolute Gasteiger partial charge is 0.380 e. The van der Waals surface area contributed by atoms with Gasteiger partial charge in [-0.3, -0.25) is 0 Å². The number of hydrogen-bond donors (Lipinski definition) is 1. The maximum atomic E-state index is 5.62. The summed E-state index contributed by atoms with van der Waals surface area (Å²) in [6, 6.07) is 8.08. The van der Waals surface area contributed by atoms with Crippen LogP contribution in [0.2, 0.25) is 0 Å². The van der Waals surface area contributed by atoms with Crippen LogP contribution < -0.4 is 5.32 Å². The van der Waals surface area contributed by atoms with Crippen LogP contribution in [0.3, 0.4) is 0 Å². The second-order valence-corrected chi connectivity index (χ2v) is 3.22. The molecule has 0 aliphatic heterocycles. The first-order valence-electron chi connectivity index (χ1n) is 3.83. The van der Waals surface area contributed by atoms with Crippen LogP contribution in [0.1, 0.15) is 5.56 Å². The molecule has 1 aromatic rings. The van der Waals surface area contributed by atoms with Gasteiger partial charge in [0.15, 0.2) is 0 Å². The molecule has 0 spiro atoms. The van der Waals surface area contributed by atoms with Crippen LogP contribution >= 0.6 is 11.6 Å². The molecule has 1 aromatic carbocycles. The van der Waals surface area contributed by atoms with Crippen molar-refractivity contribution in [3.63, 3.8) is 0 Å². The fourth-order valence-electron chi connectivity index (χ4n) is 0.962. The predicted molar refractivity (Wildman–Crippen MR) is 54.7 cm³/mol. The third kappa shape index (κ3) is 2.59. The topological polar surface area (TPSA) is 12.0 Å². The standard InChI is InChI=1S/C10H12ClN/c1-8-5-3-4-6-10(8)12-7-9(2)11/h3-6,12H,2,7H2,1H3. The minimum atomic E-state index is 0.617. The normalized spacial score (nSPS) is 9.50. The van der Waals surface area contributed by atoms with E-state index in [4.69, 9.17) is 11.6 Å². The molecule has 0 amide bonds. The zero-order chi connectivity index (χ0) is 8.97. The second-order valence-electron chi connectivity index (χ2n) is 2.69. The molecule has 1 N–H and O–H groups in total. The Labute approximate surface area is 78.1 Å². The Bertz CT molecular complexity index is 281. The lowest BCUT2D eigenvalue weighted by atomic mass is 10.2. The highest BCUT2D eigenvalue weighted by Gasteiger charge is 1.94. The molecular weight excluding hydrogens is 170 g/mol. The van der Waals surface area contributed by atoms with E-state index in [1.54, 1.807) is 0 Å². The summed E-state index contributed by atoms with van der Waals surface area (Å²) in [5.74, 6) is 0. The number of hydrogen-bond acceptors (Lipinski definition) is 1. The van der Waals surface area contributed by atoms with Gasteiger partial charge in [-0.05, 0) is 18.6 Å². The van der Waals surface area contributed by atoms with Crippen LogP contribution in [0, 0.1) is 6.92 Å². The van der Waals surface area contributed by atoms with E-state index >= 15 is 0 Å². The van der Waals surface area contributed by atoms with Crippen molar-refractivity contribution >= 4 is 17.3 Å². The third-order valence-electron chi connectivity index (χ3n) is 1.62. The van der Waals surface area contributed by atoms with Crippen LogP contribution in [0.25, 0.3) is 0 Å². The van der Waals surface area contributed by atoms with Crippen molar-refractivity contribution in [3.8, 4) is 0 Å². The van der Waals surface area contributed by atoms with Crippen molar-refractivity contribution in [2.45, 2.75) is 6.92 Å². The summed E-state index contributed by atoms with van der Waals surface area (Å²) in [5.41, 5.74) is 2.33. The number of benzene rings is 1. The number of para-hydroxylation sites is 1. The molecule has 1 rings (SSSR count). The predicted octanol–water partition coefficient (Wildman–Crippen LogP) is 3.16. The van der Waals surface area contributed by atoms with Gasteiger partial charge in [-0.25, -0.2) is 0 Å². The maximum Gasteiger partial charge on any atom is 0.0501 e. The molecule has 0 saturated carbocycles. The maximum absolute atomic E-state index is 5.62. The molecule has 12 heavy (non-hydrogen) atoms. The molecule has 0 aromatic heterocycles. The van der Waals surface area contributed by atoms with Crippen LogP contribution in [0.4, 0.5) is 5.69 Å². The van der Waals surface area contributed by atoms with Crippen LogP contribution in [-0.2, 0) is 0 Å². The molecular formula is C10H12ClN. The minimum Gasteiger partial charge on any atom is -0.380 e. The van der Waals surface area contributed by atoms with Gasteiger partial charge in [-0.2, -0.15) is 0 Å². The third-order valence-corrected chi connectivity index (χ3v) is 1.75. The van der Waals surface area contributed by atoms with Crippen molar-refractivity contribution in [1.82, 2.24) is 0 Å². The summed E-state index contributed by atoms with van der Waals surface area (Å²) in [4.78, 5) is 0. The number of halogens is 1. The van der Waals surface area contributed by atoms with Crippen molar-refractivity contribution in [3.05, 3.63) is 41.4 Å². The van der Waals surface area contributed by atoms with E-state index in [9.17, 15) is 0 Å². The van der Waals surface area contributed by atoms with E-state index in [0.717, 1.165) is 5.69 Å². The Morgan fingerprint density at radius 3 is 2.75 bits per heavy atom. The SMILES string of the molecule is C=C(Cl)CNc1ccccc1C. The van der Waals surface area contributed by atoms with Crippen molar-refractivity contribution in [1.29, 1.82) is 0 Å². The smallest absolute Gasteiger partial charge is 0.0501 e. The molecule has 0 heterocycles. The second kappa shape index (κ2) is 4.17. The van der Waals surface area contributed by atoms with E-state index in [1.807, 2.05) is 18.2 Å². The van der Waals surface area contributed by atoms with E-state index in [1.165, 1.54) is 5.56 Å². The molecule has 0 atom stereocenters. The number of rotatable bonds is 3. The molecule has 1 nitrogen and oxygen atoms in total. The number of anilines is 1. The van der Waals surface area contributed by atoms with Gasteiger partial charge in [-0.15, -0.1) is 0 Å². The first kappa shape index (κ1) is 9.14. The fourth-order valence-corrected chi connectivity index (χ4v) is 1.03. The summed E-state index contributed by atoms with van der Waals surface area (Å²) in [6.45, 7) is 6.28. The Balaban J connectivity index is 2.63. The molecule has 0 unspecified atom stereocenters. The monoisotopic (exact) mass is 181 g/mol. The highest BCUT2D eigenvalue weighted by atomic mass is 35.5. The lowest BCUT2D eigenvalue weighted by Gasteiger charge is -2.07. The summed E-state index contributed by atoms with van der Waals surface area (Å²) in [5, 5.41) is 3.80. The van der Waals surface area contributed by atoms with Gasteiger partial charge in [-0.1, -0.05) is 36.4 Å². The molecule has 2 heteroatoms. The van der Waals surface area contributed by atoms with Gasteiger partial charge >= 0.3 is 0 Å². The Hall–Kier alpha value is -0.950. The molecule has 0 saturated heterocycles. The molecule has 0 fully saturated rings. The Kier molecular flexibility index (Phi) is 3.18. The van der Waals surface area contributed by atoms with Crippen molar-refractivity contribution in [2.75, 3.05) is 11.9 Å². The lowest BCUT2D eigenvalue weighted by molar-refractivity contribution is 1.29. The quantitative estimate of drug-likeness (QED) is 0.756. The first-order chi connectivity index (χ1) is 5.70. The summed E-state index contributed by atoms with van der Waals surface area (Å²) in [7, 11) is 0. The molecule has 64 valence electrons. The average Bonchev–Trinajstić information content (AvgIpc) is 2.03. The molecule has 0 aliphatic rings. The fraction of sp³-hybridized carbons (Fsp3) is 0.200. The highest BCUT2D eigenvalue weighted by molar-refractivity contribution is 6.29. The van der Waals surface area contributed by atoms with E-state index in [0.29, 0.717) is 11.6 Å². The zero-order valence-electron chi connectivity index (χ0n) is 7.10. The minimum absolute atomic E-state index is 0.617. The van der Waals surface area contributed by atoms with Crippen molar-refractivity contribution < 1.29 is 0 Å². The van der Waals surface area contributed by atoms with Crippen LogP contribution in [0.5, 0.6) is 0 Å². The summed E-state index contributed by atoms with van der Waals surface area (Å²) >= 11 is 5.62. The number of nitrogens with one attached hydrogen (secondary N) is 1. The number of aryl methyl sites for hydroxylation is 1. The van der Waals surface area contributed by atoms with Gasteiger partial charge in [0, 0.05) is 10.7 Å². The van der Waals surface area contributed by atoms with Gasteiger partial charge in [0.05, 0.1) is 6.54 Å². The van der Waals surface area contributed by atoms with E-state index in [2.05, 4.69) is 24.9 Å². The van der Waals surface area contributed by atoms with Crippen molar-refractivity contribution in [2.24, 2.45) is 0 Å². The summed E-state index contributed by atoms with van der Waals surface area (Å²) < 4.78 is 0. The summed E-state index contributed by atoms with van der Waals surface area (Å²) in [6.07, 6.45) is 0. The zero-order valence-corrected chi connectivity index (χ0v) is 7.86. The van der Waals surface area contributed by atoms with Gasteiger partial charge in [0.25, 0.3) is 0 Å². The van der Waals surface area contributed by atoms with Gasteiger partial charge in [0.2, 0.25) is 0 Å². The first-order valence-corrected chi connectivity index (χ1v) is 4.20. The van der Waals surface area contributed by atoms with Crippen LogP contribution in [0.15, 0.2) is 35.9 Å².